The van der Waals surface area contributed by atoms with Crippen LogP contribution in [0.5, 0.6) is 11.5 Å². The van der Waals surface area contributed by atoms with Gasteiger partial charge in [0, 0.05) is 37.9 Å². The van der Waals surface area contributed by atoms with Gasteiger partial charge in [0.25, 0.3) is 0 Å². The summed E-state index contributed by atoms with van der Waals surface area (Å²) in [5.41, 5.74) is 2.59. The van der Waals surface area contributed by atoms with Crippen LogP contribution in [-0.4, -0.2) is 26.3 Å². The van der Waals surface area contributed by atoms with Gasteiger partial charge in [-0.25, -0.2) is 0 Å². The number of nitrogens with one attached hydrogen (secondary N) is 2. The average molecular weight is 485 g/mol. The van der Waals surface area contributed by atoms with E-state index in [1.807, 2.05) is 0 Å². The third kappa shape index (κ3) is 7.46. The highest BCUT2D eigenvalue weighted by Crippen LogP contribution is 2.37. The van der Waals surface area contributed by atoms with Gasteiger partial charge in [-0.3, -0.25) is 10.2 Å². The largest absolute Gasteiger partial charge is 0.485 e. The van der Waals surface area contributed by atoms with Gasteiger partial charge in [0.05, 0.1) is 5.56 Å². The number of hydrazone groups is 1. The summed E-state index contributed by atoms with van der Waals surface area (Å²) in [7, 11) is 1.46. The molecule has 1 amide bonds. The lowest BCUT2D eigenvalue weighted by atomic mass is 9.89. The van der Waals surface area contributed by atoms with Crippen LogP contribution in [0.4, 0.5) is 22.0 Å². The molecule has 0 fully saturated rings. The molecule has 0 saturated heterocycles. The van der Waals surface area contributed by atoms with Crippen LogP contribution in [0.2, 0.25) is 0 Å². The molecule has 0 aromatic heterocycles. The lowest BCUT2D eigenvalue weighted by molar-refractivity contribution is -0.138. The van der Waals surface area contributed by atoms with Gasteiger partial charge in [-0.15, -0.1) is 0 Å². The van der Waals surface area contributed by atoms with Crippen molar-refractivity contribution in [2.45, 2.75) is 38.7 Å². The van der Waals surface area contributed by atoms with Gasteiger partial charge >= 0.3 is 12.8 Å². The number of nitrogens with zero attached hydrogens (tertiary/aromatic N) is 1. The third-order valence-electron chi connectivity index (χ3n) is 4.89. The number of ether oxygens (including phenoxy) is 2. The SMILES string of the molecule is C=NN/C=C(\C)C(CC(=O)NC)c1ccc(OCc2ccccc2C(F)(F)F)c(OC(F)F)c1. The molecule has 1 atom stereocenters. The van der Waals surface area contributed by atoms with E-state index in [9.17, 15) is 26.7 Å². The van der Waals surface area contributed by atoms with Crippen molar-refractivity contribution in [3.05, 3.63) is 70.9 Å². The zero-order chi connectivity index (χ0) is 25.3. The molecule has 0 spiro atoms. The Morgan fingerprint density at radius 2 is 1.88 bits per heavy atom. The van der Waals surface area contributed by atoms with Crippen LogP contribution >= 0.6 is 0 Å². The molecule has 2 N–H and O–H groups in total. The summed E-state index contributed by atoms with van der Waals surface area (Å²) in [5, 5.41) is 6.00. The van der Waals surface area contributed by atoms with Gasteiger partial charge in [-0.1, -0.05) is 24.3 Å². The fourth-order valence-electron chi connectivity index (χ4n) is 3.20. The maximum absolute atomic E-state index is 13.2. The van der Waals surface area contributed by atoms with Crippen molar-refractivity contribution in [3.63, 3.8) is 0 Å². The molecule has 2 rings (SSSR count). The summed E-state index contributed by atoms with van der Waals surface area (Å²) in [6.45, 7) is 1.27. The van der Waals surface area contributed by atoms with E-state index in [-0.39, 0.29) is 29.4 Å². The van der Waals surface area contributed by atoms with E-state index in [0.29, 0.717) is 11.1 Å². The number of halogens is 5. The number of carbonyl (C=O) groups excluding carboxylic acids is 1. The highest BCUT2D eigenvalue weighted by Gasteiger charge is 2.33. The first-order chi connectivity index (χ1) is 16.1. The third-order valence-corrected chi connectivity index (χ3v) is 4.89. The summed E-state index contributed by atoms with van der Waals surface area (Å²) >= 11 is 0. The van der Waals surface area contributed by atoms with Crippen molar-refractivity contribution in [2.75, 3.05) is 7.05 Å². The molecule has 0 aliphatic carbocycles. The van der Waals surface area contributed by atoms with Crippen molar-refractivity contribution in [3.8, 4) is 11.5 Å². The second kappa shape index (κ2) is 12.0. The molecule has 11 heteroatoms. The minimum absolute atomic E-state index is 0.00899. The van der Waals surface area contributed by atoms with E-state index in [1.54, 1.807) is 6.92 Å². The molecule has 34 heavy (non-hydrogen) atoms. The summed E-state index contributed by atoms with van der Waals surface area (Å²) in [6, 6.07) is 8.90. The molecule has 184 valence electrons. The van der Waals surface area contributed by atoms with E-state index in [1.165, 1.54) is 49.6 Å². The van der Waals surface area contributed by atoms with E-state index >= 15 is 0 Å². The zero-order valence-corrected chi connectivity index (χ0v) is 18.5. The Labute approximate surface area is 193 Å². The van der Waals surface area contributed by atoms with Gasteiger partial charge in [-0.2, -0.15) is 27.1 Å². The molecule has 0 aliphatic heterocycles. The van der Waals surface area contributed by atoms with Gasteiger partial charge in [0.2, 0.25) is 5.91 Å². The molecule has 0 bridgehead atoms. The minimum atomic E-state index is -4.60. The van der Waals surface area contributed by atoms with E-state index in [4.69, 9.17) is 4.74 Å². The lowest BCUT2D eigenvalue weighted by Gasteiger charge is -2.20. The Balaban J connectivity index is 2.40. The fraction of sp³-hybridized carbons (Fsp3) is 0.304. The Kier molecular flexibility index (Phi) is 9.40. The molecule has 0 radical (unpaired) electrons. The van der Waals surface area contributed by atoms with Gasteiger partial charge in [-0.05, 0) is 36.3 Å². The van der Waals surface area contributed by atoms with E-state index in [2.05, 4.69) is 27.3 Å². The first kappa shape index (κ1) is 26.6. The van der Waals surface area contributed by atoms with Gasteiger partial charge in [0.1, 0.15) is 6.61 Å². The van der Waals surface area contributed by atoms with Crippen LogP contribution in [0.25, 0.3) is 0 Å². The topological polar surface area (TPSA) is 72.0 Å². The highest BCUT2D eigenvalue weighted by molar-refractivity contribution is 5.77. The fourth-order valence-corrected chi connectivity index (χ4v) is 3.20. The highest BCUT2D eigenvalue weighted by atomic mass is 19.4. The van der Waals surface area contributed by atoms with E-state index in [0.717, 1.165) is 6.07 Å². The number of alkyl halides is 5. The maximum Gasteiger partial charge on any atom is 0.416 e. The Morgan fingerprint density at radius 1 is 1.18 bits per heavy atom. The number of hydrogen-bond acceptors (Lipinski definition) is 5. The Bertz CT molecular complexity index is 1030. The first-order valence-electron chi connectivity index (χ1n) is 10.0. The maximum atomic E-state index is 13.2. The van der Waals surface area contributed by atoms with Crippen LogP contribution in [-0.2, 0) is 17.6 Å². The van der Waals surface area contributed by atoms with Gasteiger partial charge < -0.3 is 14.8 Å². The molecule has 2 aromatic rings. The van der Waals surface area contributed by atoms with E-state index < -0.39 is 30.9 Å². The average Bonchev–Trinajstić information content (AvgIpc) is 2.79. The predicted octanol–water partition coefficient (Wildman–Crippen LogP) is 5.21. The smallest absolute Gasteiger partial charge is 0.416 e. The second-order valence-corrected chi connectivity index (χ2v) is 7.13. The summed E-state index contributed by atoms with van der Waals surface area (Å²) in [4.78, 5) is 12.0. The summed E-state index contributed by atoms with van der Waals surface area (Å²) in [5.74, 6) is -1.40. The molecule has 2 aromatic carbocycles. The van der Waals surface area contributed by atoms with Crippen molar-refractivity contribution < 1.29 is 36.2 Å². The summed E-state index contributed by atoms with van der Waals surface area (Å²) < 4.78 is 75.8. The number of allylic oxidation sites excluding steroid dienone is 1. The minimum Gasteiger partial charge on any atom is -0.485 e. The standard InChI is InChI=1S/C23H24F5N3O3/c1-14(12-31-30-3)17(11-21(32)29-2)15-8-9-19(20(10-15)34-22(24)25)33-13-16-6-4-5-7-18(16)23(26,27)28/h4-10,12,17,22,31H,3,11,13H2,1-2H3,(H,29,32)/b14-12+. The van der Waals surface area contributed by atoms with Crippen molar-refractivity contribution >= 4 is 12.6 Å². The quantitative estimate of drug-likeness (QED) is 0.260. The zero-order valence-electron chi connectivity index (χ0n) is 18.5. The molecular weight excluding hydrogens is 461 g/mol. The van der Waals surface area contributed by atoms with Crippen molar-refractivity contribution in [1.29, 1.82) is 0 Å². The Morgan fingerprint density at radius 3 is 2.50 bits per heavy atom. The van der Waals surface area contributed by atoms with Crippen LogP contribution < -0.4 is 20.2 Å². The normalized spacial score (nSPS) is 12.8. The molecular formula is C23H24F5N3O3. The number of amides is 1. The molecule has 1 unspecified atom stereocenters. The molecule has 0 saturated carbocycles. The van der Waals surface area contributed by atoms with Crippen molar-refractivity contribution in [1.82, 2.24) is 10.7 Å². The number of carbonyl (C=O) groups is 1. The van der Waals surface area contributed by atoms with Crippen molar-refractivity contribution in [2.24, 2.45) is 5.10 Å². The molecule has 0 heterocycles. The van der Waals surface area contributed by atoms with Crippen LogP contribution in [0.15, 0.2) is 59.3 Å². The number of hydrogen-bond donors (Lipinski definition) is 2. The predicted molar refractivity (Wildman–Crippen MR) is 117 cm³/mol. The first-order valence-corrected chi connectivity index (χ1v) is 10.0. The Hall–Kier alpha value is -3.63. The molecule has 0 aliphatic rings. The van der Waals surface area contributed by atoms with Crippen LogP contribution in [0.3, 0.4) is 0 Å². The summed E-state index contributed by atoms with van der Waals surface area (Å²) in [6.07, 6.45) is -3.10. The van der Waals surface area contributed by atoms with Crippen LogP contribution in [0, 0.1) is 0 Å². The lowest BCUT2D eigenvalue weighted by Crippen LogP contribution is -2.21. The number of benzene rings is 2. The number of rotatable bonds is 11. The monoisotopic (exact) mass is 485 g/mol. The second-order valence-electron chi connectivity index (χ2n) is 7.13. The molecule has 6 nitrogen and oxygen atoms in total. The van der Waals surface area contributed by atoms with Crippen LogP contribution in [0.1, 0.15) is 36.0 Å². The van der Waals surface area contributed by atoms with Gasteiger partial charge in [0.15, 0.2) is 11.5 Å².